The number of hydrogen-bond donors (Lipinski definition) is 1. The fourth-order valence-electron chi connectivity index (χ4n) is 3.03. The normalized spacial score (nSPS) is 11.7. The number of nitrogens with one attached hydrogen (secondary N) is 1. The quantitative estimate of drug-likeness (QED) is 0.675. The number of amides is 1. The third-order valence-electron chi connectivity index (χ3n) is 4.51. The number of hydrogen-bond acceptors (Lipinski definition) is 3. The molecule has 0 saturated heterocycles. The molecule has 1 aromatic heterocycles. The number of rotatable bonds is 7. The Morgan fingerprint density at radius 2 is 1.74 bits per heavy atom. The van der Waals surface area contributed by atoms with Gasteiger partial charge in [-0.05, 0) is 36.8 Å². The number of methoxy groups -OCH3 is 2. The monoisotopic (exact) mass is 364 g/mol. The molecule has 0 saturated carbocycles. The number of carbonyl (C=O) groups excluding carboxylic acids is 1. The summed E-state index contributed by atoms with van der Waals surface area (Å²) in [5.41, 5.74) is 2.87. The second-order valence-corrected chi connectivity index (χ2v) is 6.38. The van der Waals surface area contributed by atoms with Gasteiger partial charge in [0.15, 0.2) is 0 Å². The first kappa shape index (κ1) is 18.6. The van der Waals surface area contributed by atoms with Crippen LogP contribution in [0.5, 0.6) is 11.5 Å². The highest BCUT2D eigenvalue weighted by atomic mass is 16.5. The van der Waals surface area contributed by atoms with Gasteiger partial charge >= 0.3 is 0 Å². The summed E-state index contributed by atoms with van der Waals surface area (Å²) in [6.45, 7) is 2.05. The molecule has 5 nitrogen and oxygen atoms in total. The van der Waals surface area contributed by atoms with Crippen molar-refractivity contribution in [3.05, 3.63) is 78.1 Å². The standard InChI is InChI=1S/C22H24N2O3/c1-16-6-8-17(9-7-16)20(24-12-4-5-13-24)15-22(25)23-19-14-18(26-2)10-11-21(19)27-3/h4-14,20H,15H2,1-3H3,(H,23,25). The number of carbonyl (C=O) groups is 1. The largest absolute Gasteiger partial charge is 0.497 e. The van der Waals surface area contributed by atoms with Gasteiger partial charge in [-0.25, -0.2) is 0 Å². The van der Waals surface area contributed by atoms with Crippen molar-refractivity contribution in [3.63, 3.8) is 0 Å². The van der Waals surface area contributed by atoms with Gasteiger partial charge in [-0.15, -0.1) is 0 Å². The van der Waals surface area contributed by atoms with Gasteiger partial charge in [0.2, 0.25) is 5.91 Å². The first-order chi connectivity index (χ1) is 13.1. The summed E-state index contributed by atoms with van der Waals surface area (Å²) < 4.78 is 12.6. The lowest BCUT2D eigenvalue weighted by Crippen LogP contribution is -2.20. The van der Waals surface area contributed by atoms with Crippen LogP contribution in [0.2, 0.25) is 0 Å². The van der Waals surface area contributed by atoms with Crippen LogP contribution in [0.4, 0.5) is 5.69 Å². The lowest BCUT2D eigenvalue weighted by Gasteiger charge is -2.20. The van der Waals surface area contributed by atoms with Crippen molar-refractivity contribution in [2.75, 3.05) is 19.5 Å². The highest BCUT2D eigenvalue weighted by Crippen LogP contribution is 2.30. The van der Waals surface area contributed by atoms with Gasteiger partial charge in [0.1, 0.15) is 11.5 Å². The van der Waals surface area contributed by atoms with Crippen LogP contribution in [0, 0.1) is 6.92 Å². The summed E-state index contributed by atoms with van der Waals surface area (Å²) in [5, 5.41) is 2.95. The van der Waals surface area contributed by atoms with E-state index in [4.69, 9.17) is 9.47 Å². The molecule has 0 aliphatic rings. The van der Waals surface area contributed by atoms with Gasteiger partial charge < -0.3 is 19.4 Å². The fourth-order valence-corrected chi connectivity index (χ4v) is 3.03. The molecule has 0 spiro atoms. The van der Waals surface area contributed by atoms with Crippen molar-refractivity contribution in [1.82, 2.24) is 4.57 Å². The summed E-state index contributed by atoms with van der Waals surface area (Å²) in [5.74, 6) is 1.16. The van der Waals surface area contributed by atoms with Crippen LogP contribution in [-0.4, -0.2) is 24.7 Å². The minimum absolute atomic E-state index is 0.0859. The van der Waals surface area contributed by atoms with E-state index in [0.717, 1.165) is 5.56 Å². The van der Waals surface area contributed by atoms with E-state index in [1.165, 1.54) is 5.56 Å². The summed E-state index contributed by atoms with van der Waals surface area (Å²) in [6, 6.07) is 17.4. The molecular weight excluding hydrogens is 340 g/mol. The van der Waals surface area contributed by atoms with Crippen LogP contribution >= 0.6 is 0 Å². The number of nitrogens with zero attached hydrogens (tertiary/aromatic N) is 1. The molecule has 0 bridgehead atoms. The van der Waals surface area contributed by atoms with Gasteiger partial charge in [0.05, 0.1) is 32.4 Å². The Bertz CT molecular complexity index is 886. The van der Waals surface area contributed by atoms with Crippen molar-refractivity contribution in [2.24, 2.45) is 0 Å². The molecule has 0 aliphatic heterocycles. The predicted molar refractivity (Wildman–Crippen MR) is 107 cm³/mol. The fraction of sp³-hybridized carbons (Fsp3) is 0.227. The number of benzene rings is 2. The molecule has 140 valence electrons. The van der Waals surface area contributed by atoms with Crippen molar-refractivity contribution in [3.8, 4) is 11.5 Å². The van der Waals surface area contributed by atoms with Crippen molar-refractivity contribution >= 4 is 11.6 Å². The number of aromatic nitrogens is 1. The molecule has 3 rings (SSSR count). The molecule has 0 aliphatic carbocycles. The lowest BCUT2D eigenvalue weighted by molar-refractivity contribution is -0.116. The molecule has 1 atom stereocenters. The van der Waals surface area contributed by atoms with Gasteiger partial charge in [-0.2, -0.15) is 0 Å². The van der Waals surface area contributed by atoms with E-state index >= 15 is 0 Å². The smallest absolute Gasteiger partial charge is 0.226 e. The highest BCUT2D eigenvalue weighted by molar-refractivity contribution is 5.93. The molecule has 0 fully saturated rings. The Morgan fingerprint density at radius 1 is 1.04 bits per heavy atom. The molecule has 3 aromatic rings. The number of ether oxygens (including phenoxy) is 2. The Hall–Kier alpha value is -3.21. The average Bonchev–Trinajstić information content (AvgIpc) is 3.21. The van der Waals surface area contributed by atoms with Crippen LogP contribution in [-0.2, 0) is 4.79 Å². The maximum absolute atomic E-state index is 12.8. The van der Waals surface area contributed by atoms with Crippen LogP contribution in [0.3, 0.4) is 0 Å². The van der Waals surface area contributed by atoms with Gasteiger partial charge in [-0.3, -0.25) is 4.79 Å². The summed E-state index contributed by atoms with van der Waals surface area (Å²) in [7, 11) is 3.17. The molecule has 0 radical (unpaired) electrons. The maximum Gasteiger partial charge on any atom is 0.226 e. The van der Waals surface area contributed by atoms with Crippen LogP contribution in [0.25, 0.3) is 0 Å². The number of anilines is 1. The van der Waals surface area contributed by atoms with E-state index in [0.29, 0.717) is 23.6 Å². The third-order valence-corrected chi connectivity index (χ3v) is 4.51. The second kappa shape index (κ2) is 8.45. The molecule has 5 heteroatoms. The average molecular weight is 364 g/mol. The molecule has 1 amide bonds. The van der Waals surface area contributed by atoms with Crippen molar-refractivity contribution < 1.29 is 14.3 Å². The maximum atomic E-state index is 12.8. The first-order valence-electron chi connectivity index (χ1n) is 8.81. The Labute approximate surface area is 159 Å². The Morgan fingerprint density at radius 3 is 2.37 bits per heavy atom. The SMILES string of the molecule is COc1ccc(OC)c(NC(=O)CC(c2ccc(C)cc2)n2cccc2)c1. The van der Waals surface area contributed by atoms with Crippen molar-refractivity contribution in [2.45, 2.75) is 19.4 Å². The van der Waals surface area contributed by atoms with Crippen LogP contribution < -0.4 is 14.8 Å². The van der Waals surface area contributed by atoms with E-state index in [1.807, 2.05) is 29.1 Å². The summed E-state index contributed by atoms with van der Waals surface area (Å²) in [6.07, 6.45) is 4.26. The third kappa shape index (κ3) is 4.50. The lowest BCUT2D eigenvalue weighted by atomic mass is 10.0. The zero-order valence-electron chi connectivity index (χ0n) is 15.8. The van der Waals surface area contributed by atoms with E-state index in [9.17, 15) is 4.79 Å². The van der Waals surface area contributed by atoms with E-state index in [1.54, 1.807) is 32.4 Å². The number of aryl methyl sites for hydroxylation is 1. The Kier molecular flexibility index (Phi) is 5.81. The van der Waals surface area contributed by atoms with Crippen LogP contribution in [0.1, 0.15) is 23.6 Å². The summed E-state index contributed by atoms with van der Waals surface area (Å²) >= 11 is 0. The van der Waals surface area contributed by atoms with Gasteiger partial charge in [0.25, 0.3) is 0 Å². The van der Waals surface area contributed by atoms with Gasteiger partial charge in [0, 0.05) is 18.5 Å². The molecule has 1 N–H and O–H groups in total. The molecular formula is C22H24N2O3. The molecule has 1 heterocycles. The predicted octanol–water partition coefficient (Wildman–Crippen LogP) is 4.43. The molecule has 27 heavy (non-hydrogen) atoms. The second-order valence-electron chi connectivity index (χ2n) is 6.38. The first-order valence-corrected chi connectivity index (χ1v) is 8.81. The molecule has 2 aromatic carbocycles. The zero-order valence-corrected chi connectivity index (χ0v) is 15.8. The zero-order chi connectivity index (χ0) is 19.2. The minimum Gasteiger partial charge on any atom is -0.497 e. The van der Waals surface area contributed by atoms with E-state index < -0.39 is 0 Å². The van der Waals surface area contributed by atoms with Crippen LogP contribution in [0.15, 0.2) is 67.0 Å². The van der Waals surface area contributed by atoms with Crippen molar-refractivity contribution in [1.29, 1.82) is 0 Å². The molecule has 1 unspecified atom stereocenters. The highest BCUT2D eigenvalue weighted by Gasteiger charge is 2.18. The van der Waals surface area contributed by atoms with Gasteiger partial charge in [-0.1, -0.05) is 29.8 Å². The van der Waals surface area contributed by atoms with E-state index in [-0.39, 0.29) is 11.9 Å². The minimum atomic E-state index is -0.0965. The van der Waals surface area contributed by atoms with E-state index in [2.05, 4.69) is 36.5 Å². The Balaban J connectivity index is 1.82. The topological polar surface area (TPSA) is 52.5 Å². The summed E-state index contributed by atoms with van der Waals surface area (Å²) in [4.78, 5) is 12.8.